The van der Waals surface area contributed by atoms with Crippen LogP contribution in [0.4, 0.5) is 0 Å². The van der Waals surface area contributed by atoms with E-state index in [4.69, 9.17) is 5.73 Å². The monoisotopic (exact) mass is 172 g/mol. The van der Waals surface area contributed by atoms with Crippen molar-refractivity contribution in [1.29, 1.82) is 0 Å². The topological polar surface area (TPSA) is 49.5 Å². The lowest BCUT2D eigenvalue weighted by molar-refractivity contribution is 0.00538. The van der Waals surface area contributed by atoms with Gasteiger partial charge in [-0.2, -0.15) is 0 Å². The summed E-state index contributed by atoms with van der Waals surface area (Å²) in [5.41, 5.74) is 5.62. The van der Waals surface area contributed by atoms with Crippen molar-refractivity contribution in [3.63, 3.8) is 0 Å². The molecule has 0 aromatic heterocycles. The summed E-state index contributed by atoms with van der Waals surface area (Å²) in [5.74, 6) is 0. The fraction of sp³-hybridized carbons (Fsp3) is 1.00. The van der Waals surface area contributed by atoms with Gasteiger partial charge in [0.05, 0.1) is 6.10 Å². The Bertz CT molecular complexity index is 147. The molecule has 12 heavy (non-hydrogen) atoms. The van der Waals surface area contributed by atoms with Crippen molar-refractivity contribution in [2.75, 3.05) is 19.6 Å². The van der Waals surface area contributed by atoms with Crippen molar-refractivity contribution < 1.29 is 5.11 Å². The molecular weight excluding hydrogens is 152 g/mol. The molecule has 0 aliphatic carbocycles. The summed E-state index contributed by atoms with van der Waals surface area (Å²) in [6.45, 7) is 8.80. The van der Waals surface area contributed by atoms with E-state index in [1.165, 1.54) is 0 Å². The highest BCUT2D eigenvalue weighted by atomic mass is 16.3. The van der Waals surface area contributed by atoms with Gasteiger partial charge in [-0.25, -0.2) is 0 Å². The third kappa shape index (κ3) is 2.44. The predicted octanol–water partition coefficient (Wildman–Crippen LogP) is 0.0363. The van der Waals surface area contributed by atoms with Crippen molar-refractivity contribution in [3.8, 4) is 0 Å². The van der Waals surface area contributed by atoms with Crippen molar-refractivity contribution in [2.24, 2.45) is 11.1 Å². The maximum absolute atomic E-state index is 9.72. The molecule has 0 amide bonds. The molecule has 1 aliphatic heterocycles. The zero-order valence-electron chi connectivity index (χ0n) is 8.25. The summed E-state index contributed by atoms with van der Waals surface area (Å²) < 4.78 is 0. The first-order valence-corrected chi connectivity index (χ1v) is 4.55. The molecule has 1 heterocycles. The highest BCUT2D eigenvalue weighted by Gasteiger charge is 2.29. The van der Waals surface area contributed by atoms with Gasteiger partial charge in [-0.05, 0) is 5.41 Å². The Morgan fingerprint density at radius 1 is 1.50 bits per heavy atom. The van der Waals surface area contributed by atoms with Gasteiger partial charge in [0.25, 0.3) is 0 Å². The average Bonchev–Trinajstić information content (AvgIpc) is 1.82. The van der Waals surface area contributed by atoms with Gasteiger partial charge < -0.3 is 10.8 Å². The molecular formula is C9H20N2O. The van der Waals surface area contributed by atoms with Crippen molar-refractivity contribution >= 4 is 0 Å². The first kappa shape index (κ1) is 9.96. The molecule has 1 unspecified atom stereocenters. The Morgan fingerprint density at radius 3 is 2.33 bits per heavy atom. The van der Waals surface area contributed by atoms with Crippen LogP contribution in [0.2, 0.25) is 0 Å². The zero-order valence-corrected chi connectivity index (χ0v) is 8.25. The van der Waals surface area contributed by atoms with Crippen LogP contribution in [0.1, 0.15) is 20.8 Å². The fourth-order valence-electron chi connectivity index (χ4n) is 1.28. The zero-order chi connectivity index (χ0) is 9.35. The summed E-state index contributed by atoms with van der Waals surface area (Å²) in [7, 11) is 0. The van der Waals surface area contributed by atoms with Crippen LogP contribution < -0.4 is 5.73 Å². The maximum atomic E-state index is 9.72. The predicted molar refractivity (Wildman–Crippen MR) is 49.9 cm³/mol. The molecule has 72 valence electrons. The Balaban J connectivity index is 2.23. The van der Waals surface area contributed by atoms with Gasteiger partial charge in [-0.15, -0.1) is 0 Å². The lowest BCUT2D eigenvalue weighted by Gasteiger charge is -2.40. The van der Waals surface area contributed by atoms with Crippen LogP contribution in [0, 0.1) is 5.41 Å². The molecule has 3 nitrogen and oxygen atoms in total. The lowest BCUT2D eigenvalue weighted by atomic mass is 9.88. The maximum Gasteiger partial charge on any atom is 0.0715 e. The third-order valence-corrected chi connectivity index (χ3v) is 2.42. The number of hydrogen-bond donors (Lipinski definition) is 2. The number of aliphatic hydroxyl groups excluding tert-OH is 1. The summed E-state index contributed by atoms with van der Waals surface area (Å²) >= 11 is 0. The van der Waals surface area contributed by atoms with Crippen LogP contribution in [0.5, 0.6) is 0 Å². The number of hydrogen-bond acceptors (Lipinski definition) is 3. The molecule has 0 aromatic rings. The molecule has 1 fully saturated rings. The van der Waals surface area contributed by atoms with Gasteiger partial charge in [-0.3, -0.25) is 4.90 Å². The van der Waals surface area contributed by atoms with Crippen LogP contribution in [-0.2, 0) is 0 Å². The SMILES string of the molecule is CC(C)(C)C(O)CN1CC(N)C1. The summed E-state index contributed by atoms with van der Waals surface area (Å²) in [6, 6.07) is 0.331. The van der Waals surface area contributed by atoms with Gasteiger partial charge in [0, 0.05) is 25.7 Å². The van der Waals surface area contributed by atoms with Crippen LogP contribution in [0.25, 0.3) is 0 Å². The smallest absolute Gasteiger partial charge is 0.0715 e. The number of β-amino-alcohol motifs (C(OH)–C–C–N with tert-alkyl or cyclic N) is 1. The number of nitrogens with zero attached hydrogens (tertiary/aromatic N) is 1. The van der Waals surface area contributed by atoms with E-state index in [2.05, 4.69) is 25.7 Å². The van der Waals surface area contributed by atoms with Gasteiger partial charge in [-0.1, -0.05) is 20.8 Å². The molecule has 3 N–H and O–H groups in total. The highest BCUT2D eigenvalue weighted by molar-refractivity contribution is 4.86. The number of nitrogens with two attached hydrogens (primary N) is 1. The molecule has 0 spiro atoms. The molecule has 0 saturated carbocycles. The highest BCUT2D eigenvalue weighted by Crippen LogP contribution is 2.21. The van der Waals surface area contributed by atoms with E-state index in [1.54, 1.807) is 0 Å². The lowest BCUT2D eigenvalue weighted by Crippen LogP contribution is -2.58. The van der Waals surface area contributed by atoms with E-state index < -0.39 is 0 Å². The number of likely N-dealkylation sites (tertiary alicyclic amines) is 1. The molecule has 1 saturated heterocycles. The summed E-state index contributed by atoms with van der Waals surface area (Å²) in [4.78, 5) is 2.20. The average molecular weight is 172 g/mol. The van der Waals surface area contributed by atoms with Crippen molar-refractivity contribution in [2.45, 2.75) is 32.9 Å². The Hall–Kier alpha value is -0.120. The molecule has 3 heteroatoms. The minimum Gasteiger partial charge on any atom is -0.391 e. The first-order valence-electron chi connectivity index (χ1n) is 4.55. The van der Waals surface area contributed by atoms with E-state index in [1.807, 2.05) is 0 Å². The standard InChI is InChI=1S/C9H20N2O/c1-9(2,3)8(12)6-11-4-7(10)5-11/h7-8,12H,4-6,10H2,1-3H3. The molecule has 0 bridgehead atoms. The molecule has 0 aromatic carbocycles. The summed E-state index contributed by atoms with van der Waals surface area (Å²) in [5, 5.41) is 9.72. The minimum absolute atomic E-state index is 0.0142. The Morgan fingerprint density at radius 2 is 2.00 bits per heavy atom. The van der Waals surface area contributed by atoms with Crippen LogP contribution in [0.15, 0.2) is 0 Å². The number of rotatable bonds is 2. The van der Waals surface area contributed by atoms with Crippen LogP contribution >= 0.6 is 0 Å². The van der Waals surface area contributed by atoms with E-state index in [0.717, 1.165) is 19.6 Å². The van der Waals surface area contributed by atoms with Crippen LogP contribution in [-0.4, -0.2) is 41.8 Å². The third-order valence-electron chi connectivity index (χ3n) is 2.42. The molecule has 0 radical (unpaired) electrons. The fourth-order valence-corrected chi connectivity index (χ4v) is 1.28. The second-order valence-electron chi connectivity index (χ2n) is 4.86. The normalized spacial score (nSPS) is 23.8. The Kier molecular flexibility index (Phi) is 2.76. The quantitative estimate of drug-likeness (QED) is 0.618. The molecule has 1 rings (SSSR count). The van der Waals surface area contributed by atoms with Gasteiger partial charge >= 0.3 is 0 Å². The Labute approximate surface area is 74.5 Å². The number of aliphatic hydroxyl groups is 1. The van der Waals surface area contributed by atoms with Gasteiger partial charge in [0.1, 0.15) is 0 Å². The van der Waals surface area contributed by atoms with Gasteiger partial charge in [0.2, 0.25) is 0 Å². The van der Waals surface area contributed by atoms with Gasteiger partial charge in [0.15, 0.2) is 0 Å². The molecule has 1 aliphatic rings. The largest absolute Gasteiger partial charge is 0.391 e. The van der Waals surface area contributed by atoms with Crippen molar-refractivity contribution in [3.05, 3.63) is 0 Å². The van der Waals surface area contributed by atoms with E-state index in [9.17, 15) is 5.11 Å². The minimum atomic E-state index is -0.245. The van der Waals surface area contributed by atoms with Crippen molar-refractivity contribution in [1.82, 2.24) is 4.90 Å². The molecule has 1 atom stereocenters. The second kappa shape index (κ2) is 3.32. The van der Waals surface area contributed by atoms with E-state index in [0.29, 0.717) is 6.04 Å². The summed E-state index contributed by atoms with van der Waals surface area (Å²) in [6.07, 6.45) is -0.245. The van der Waals surface area contributed by atoms with E-state index >= 15 is 0 Å². The van der Waals surface area contributed by atoms with Crippen LogP contribution in [0.3, 0.4) is 0 Å². The first-order chi connectivity index (χ1) is 5.39. The second-order valence-corrected chi connectivity index (χ2v) is 4.86. The van der Waals surface area contributed by atoms with E-state index in [-0.39, 0.29) is 11.5 Å².